The molecule has 0 fully saturated rings. The minimum atomic E-state index is -0.278. The maximum atomic E-state index is 12.0. The van der Waals surface area contributed by atoms with Crippen molar-refractivity contribution in [1.82, 2.24) is 9.80 Å². The van der Waals surface area contributed by atoms with E-state index < -0.39 is 0 Å². The van der Waals surface area contributed by atoms with Crippen molar-refractivity contribution in [3.05, 3.63) is 58.7 Å². The van der Waals surface area contributed by atoms with Crippen LogP contribution in [-0.4, -0.2) is 46.5 Å². The van der Waals surface area contributed by atoms with E-state index in [0.29, 0.717) is 37.1 Å². The summed E-state index contributed by atoms with van der Waals surface area (Å²) in [4.78, 5) is 50.1. The molecule has 6 nitrogen and oxygen atoms in total. The van der Waals surface area contributed by atoms with Crippen LogP contribution in [0.1, 0.15) is 25.0 Å². The molecule has 2 heterocycles. The Bertz CT molecular complexity index is 795. The van der Waals surface area contributed by atoms with Crippen LogP contribution in [0.25, 0.3) is 0 Å². The summed E-state index contributed by atoms with van der Waals surface area (Å²) in [5.41, 5.74) is 2.91. The molecule has 0 unspecified atom stereocenters. The van der Waals surface area contributed by atoms with Crippen molar-refractivity contribution in [3.63, 3.8) is 0 Å². The Kier molecular flexibility index (Phi) is 4.84. The predicted octanol–water partition coefficient (Wildman–Crippen LogP) is 1.40. The second-order valence-electron chi connectivity index (χ2n) is 6.51. The average Bonchev–Trinajstić information content (AvgIpc) is 2.99. The number of nitrogens with zero attached hydrogens (tertiary/aromatic N) is 2. The van der Waals surface area contributed by atoms with Crippen LogP contribution in [0.15, 0.2) is 47.6 Å². The first-order valence-corrected chi connectivity index (χ1v) is 8.53. The Morgan fingerprint density at radius 2 is 1.08 bits per heavy atom. The highest BCUT2D eigenvalue weighted by atomic mass is 16.2. The molecule has 1 aromatic rings. The van der Waals surface area contributed by atoms with Gasteiger partial charge in [-0.15, -0.1) is 0 Å². The third kappa shape index (κ3) is 3.35. The zero-order valence-corrected chi connectivity index (χ0v) is 14.8. The third-order valence-corrected chi connectivity index (χ3v) is 4.70. The number of carbonyl (C=O) groups excluding carboxylic acids is 4. The maximum absolute atomic E-state index is 12.0. The second kappa shape index (κ2) is 7.07. The molecule has 0 aliphatic carbocycles. The topological polar surface area (TPSA) is 74.8 Å². The molecule has 0 saturated heterocycles. The van der Waals surface area contributed by atoms with E-state index in [-0.39, 0.29) is 23.6 Å². The quantitative estimate of drug-likeness (QED) is 0.726. The van der Waals surface area contributed by atoms with Gasteiger partial charge in [-0.1, -0.05) is 24.3 Å². The molecule has 0 atom stereocenters. The van der Waals surface area contributed by atoms with E-state index in [1.165, 1.54) is 22.0 Å². The predicted molar refractivity (Wildman–Crippen MR) is 94.8 cm³/mol. The van der Waals surface area contributed by atoms with Gasteiger partial charge in [0.25, 0.3) is 23.6 Å². The Hall–Kier alpha value is -3.02. The number of benzene rings is 1. The molecule has 4 amide bonds. The highest BCUT2D eigenvalue weighted by Gasteiger charge is 2.29. The lowest BCUT2D eigenvalue weighted by Gasteiger charge is -2.18. The van der Waals surface area contributed by atoms with E-state index in [1.807, 2.05) is 24.3 Å². The second-order valence-corrected chi connectivity index (χ2v) is 6.51. The van der Waals surface area contributed by atoms with Gasteiger partial charge in [-0.2, -0.15) is 0 Å². The molecule has 3 rings (SSSR count). The number of imide groups is 2. The van der Waals surface area contributed by atoms with Gasteiger partial charge in [-0.25, -0.2) is 0 Å². The summed E-state index contributed by atoms with van der Waals surface area (Å²) >= 11 is 0. The molecule has 2 aliphatic rings. The van der Waals surface area contributed by atoms with Crippen LogP contribution in [0.4, 0.5) is 0 Å². The van der Waals surface area contributed by atoms with Crippen LogP contribution < -0.4 is 0 Å². The van der Waals surface area contributed by atoms with Crippen LogP contribution in [0.2, 0.25) is 0 Å². The van der Waals surface area contributed by atoms with Gasteiger partial charge in [0, 0.05) is 36.4 Å². The fraction of sp³-hybridized carbons (Fsp3) is 0.300. The number of amides is 4. The minimum absolute atomic E-state index is 0.248. The lowest BCUT2D eigenvalue weighted by molar-refractivity contribution is -0.138. The van der Waals surface area contributed by atoms with Gasteiger partial charge in [0.05, 0.1) is 0 Å². The van der Waals surface area contributed by atoms with Gasteiger partial charge in [0.15, 0.2) is 0 Å². The highest BCUT2D eigenvalue weighted by molar-refractivity contribution is 6.16. The lowest BCUT2D eigenvalue weighted by atomic mass is 10.0. The van der Waals surface area contributed by atoms with Crippen molar-refractivity contribution in [2.75, 3.05) is 13.1 Å². The molecule has 0 saturated carbocycles. The normalized spacial score (nSPS) is 17.3. The largest absolute Gasteiger partial charge is 0.275 e. The fourth-order valence-corrected chi connectivity index (χ4v) is 3.21. The number of carbonyl (C=O) groups is 4. The minimum Gasteiger partial charge on any atom is -0.275 e. The summed E-state index contributed by atoms with van der Waals surface area (Å²) in [7, 11) is 0. The van der Waals surface area contributed by atoms with E-state index in [2.05, 4.69) is 0 Å². The molecule has 2 aliphatic heterocycles. The molecule has 0 spiro atoms. The summed E-state index contributed by atoms with van der Waals surface area (Å²) in [6, 6.07) is 7.68. The van der Waals surface area contributed by atoms with E-state index >= 15 is 0 Å². The van der Waals surface area contributed by atoms with Gasteiger partial charge in [0.1, 0.15) is 0 Å². The first-order chi connectivity index (χ1) is 12.4. The highest BCUT2D eigenvalue weighted by Crippen LogP contribution is 2.17. The fourth-order valence-electron chi connectivity index (χ4n) is 3.21. The Balaban J connectivity index is 1.64. The summed E-state index contributed by atoms with van der Waals surface area (Å²) in [5, 5.41) is 0. The number of hydrogen-bond acceptors (Lipinski definition) is 4. The van der Waals surface area contributed by atoms with Crippen molar-refractivity contribution in [3.8, 4) is 0 Å². The molecule has 0 aromatic heterocycles. The average molecular weight is 352 g/mol. The summed E-state index contributed by atoms with van der Waals surface area (Å²) < 4.78 is 0. The lowest BCUT2D eigenvalue weighted by Crippen LogP contribution is -2.33. The number of hydrogen-bond donors (Lipinski definition) is 0. The van der Waals surface area contributed by atoms with Crippen molar-refractivity contribution >= 4 is 23.6 Å². The van der Waals surface area contributed by atoms with Gasteiger partial charge >= 0.3 is 0 Å². The number of rotatable bonds is 6. The molecule has 26 heavy (non-hydrogen) atoms. The van der Waals surface area contributed by atoms with E-state index in [1.54, 1.807) is 13.8 Å². The van der Waals surface area contributed by atoms with Crippen LogP contribution in [0, 0.1) is 0 Å². The molecule has 0 radical (unpaired) electrons. The van der Waals surface area contributed by atoms with Gasteiger partial charge in [-0.3, -0.25) is 29.0 Å². The molecule has 1 aromatic carbocycles. The summed E-state index contributed by atoms with van der Waals surface area (Å²) in [5.74, 6) is -1.05. The molecular weight excluding hydrogens is 332 g/mol. The van der Waals surface area contributed by atoms with Crippen LogP contribution >= 0.6 is 0 Å². The first-order valence-electron chi connectivity index (χ1n) is 8.53. The smallest absolute Gasteiger partial charge is 0.256 e. The van der Waals surface area contributed by atoms with E-state index in [0.717, 1.165) is 11.1 Å². The van der Waals surface area contributed by atoms with E-state index in [4.69, 9.17) is 0 Å². The van der Waals surface area contributed by atoms with Crippen LogP contribution in [0.5, 0.6) is 0 Å². The van der Waals surface area contributed by atoms with Gasteiger partial charge in [0.2, 0.25) is 0 Å². The third-order valence-electron chi connectivity index (χ3n) is 4.70. The molecular formula is C20H20N2O4. The van der Waals surface area contributed by atoms with Gasteiger partial charge in [-0.05, 0) is 37.8 Å². The zero-order valence-electron chi connectivity index (χ0n) is 14.8. The maximum Gasteiger partial charge on any atom is 0.256 e. The van der Waals surface area contributed by atoms with Crippen molar-refractivity contribution in [1.29, 1.82) is 0 Å². The Morgan fingerprint density at radius 3 is 1.38 bits per heavy atom. The van der Waals surface area contributed by atoms with Crippen molar-refractivity contribution in [2.45, 2.75) is 26.7 Å². The SMILES string of the molecule is CC1=CC(=O)N(CCc2ccccc2CCN2C(=O)C=C(C)C2=O)C1=O. The molecule has 0 N–H and O–H groups in total. The zero-order chi connectivity index (χ0) is 18.8. The van der Waals surface area contributed by atoms with Crippen molar-refractivity contribution in [2.24, 2.45) is 0 Å². The Morgan fingerprint density at radius 1 is 0.692 bits per heavy atom. The molecule has 0 bridgehead atoms. The van der Waals surface area contributed by atoms with Gasteiger partial charge < -0.3 is 0 Å². The Labute approximate surface area is 151 Å². The van der Waals surface area contributed by atoms with E-state index in [9.17, 15) is 19.2 Å². The van der Waals surface area contributed by atoms with Crippen LogP contribution in [0.3, 0.4) is 0 Å². The first kappa shape index (κ1) is 17.8. The van der Waals surface area contributed by atoms with Crippen molar-refractivity contribution < 1.29 is 19.2 Å². The monoisotopic (exact) mass is 352 g/mol. The standard InChI is InChI=1S/C20H20N2O4/c1-13-11-17(23)21(19(13)25)9-7-15-5-3-4-6-16(15)8-10-22-18(24)12-14(2)20(22)26/h3-6,11-12H,7-10H2,1-2H3. The molecule has 134 valence electrons. The summed E-state index contributed by atoms with van der Waals surface area (Å²) in [6.07, 6.45) is 3.78. The summed E-state index contributed by atoms with van der Waals surface area (Å²) in [6.45, 7) is 3.89. The van der Waals surface area contributed by atoms with Crippen LogP contribution in [-0.2, 0) is 32.0 Å². The molecule has 6 heteroatoms.